The topological polar surface area (TPSA) is 68.3 Å². The number of esters is 1. The van der Waals surface area contributed by atoms with Crippen LogP contribution in [0.5, 0.6) is 0 Å². The maximum atomic E-state index is 13.1. The number of nitrogens with one attached hydrogen (secondary N) is 1. The van der Waals surface area contributed by atoms with Gasteiger partial charge in [0.25, 0.3) is 5.91 Å². The van der Waals surface area contributed by atoms with Crippen LogP contribution in [0, 0.1) is 0 Å². The third-order valence-corrected chi connectivity index (χ3v) is 6.22. The van der Waals surface area contributed by atoms with Gasteiger partial charge in [-0.3, -0.25) is 9.78 Å². The Kier molecular flexibility index (Phi) is 6.84. The predicted octanol–water partition coefficient (Wildman–Crippen LogP) is 5.10. The Morgan fingerprint density at radius 2 is 1.78 bits per heavy atom. The number of rotatable bonds is 6. The molecule has 0 radical (unpaired) electrons. The third-order valence-electron chi connectivity index (χ3n) is 6.22. The second-order valence-electron chi connectivity index (χ2n) is 8.45. The number of benzene rings is 2. The molecule has 3 aromatic rings. The van der Waals surface area contributed by atoms with Gasteiger partial charge in [-0.1, -0.05) is 55.8 Å². The fraction of sp³-hybridized carbons (Fsp3) is 0.370. The molecular weight excluding hydrogens is 400 g/mol. The summed E-state index contributed by atoms with van der Waals surface area (Å²) >= 11 is 0. The highest BCUT2D eigenvalue weighted by Crippen LogP contribution is 2.29. The highest BCUT2D eigenvalue weighted by Gasteiger charge is 2.23. The van der Waals surface area contributed by atoms with Crippen molar-refractivity contribution in [2.24, 2.45) is 0 Å². The van der Waals surface area contributed by atoms with Gasteiger partial charge in [0.1, 0.15) is 0 Å². The van der Waals surface area contributed by atoms with E-state index in [0.29, 0.717) is 5.56 Å². The summed E-state index contributed by atoms with van der Waals surface area (Å²) in [4.78, 5) is 30.4. The van der Waals surface area contributed by atoms with Crippen molar-refractivity contribution in [2.45, 2.75) is 58.4 Å². The zero-order valence-corrected chi connectivity index (χ0v) is 18.8. The second-order valence-corrected chi connectivity index (χ2v) is 8.45. The van der Waals surface area contributed by atoms with Crippen molar-refractivity contribution in [1.29, 1.82) is 0 Å². The lowest BCUT2D eigenvalue weighted by atomic mass is 9.97. The molecule has 1 aliphatic rings. The highest BCUT2D eigenvalue weighted by atomic mass is 16.5. The van der Waals surface area contributed by atoms with Gasteiger partial charge in [0.15, 0.2) is 6.61 Å². The minimum absolute atomic E-state index is 0.162. The van der Waals surface area contributed by atoms with Gasteiger partial charge in [0, 0.05) is 11.1 Å². The number of ether oxygens (including phenoxy) is 1. The molecule has 166 valence electrons. The van der Waals surface area contributed by atoms with Crippen LogP contribution in [0.15, 0.2) is 48.5 Å². The summed E-state index contributed by atoms with van der Waals surface area (Å²) in [7, 11) is 0. The largest absolute Gasteiger partial charge is 0.452 e. The van der Waals surface area contributed by atoms with Gasteiger partial charge in [-0.05, 0) is 61.8 Å². The molecule has 0 saturated heterocycles. The van der Waals surface area contributed by atoms with E-state index < -0.39 is 5.97 Å². The van der Waals surface area contributed by atoms with Gasteiger partial charge < -0.3 is 10.1 Å². The molecule has 5 heteroatoms. The molecule has 0 fully saturated rings. The van der Waals surface area contributed by atoms with Gasteiger partial charge in [0.05, 0.1) is 17.1 Å². The summed E-state index contributed by atoms with van der Waals surface area (Å²) < 4.78 is 5.50. The van der Waals surface area contributed by atoms with Gasteiger partial charge >= 0.3 is 5.97 Å². The average Bonchev–Trinajstić information content (AvgIpc) is 3.06. The Bertz CT molecular complexity index is 1120. The van der Waals surface area contributed by atoms with Crippen molar-refractivity contribution < 1.29 is 14.3 Å². The van der Waals surface area contributed by atoms with Crippen LogP contribution >= 0.6 is 0 Å². The molecule has 32 heavy (non-hydrogen) atoms. The first kappa shape index (κ1) is 22.0. The lowest BCUT2D eigenvalue weighted by molar-refractivity contribution is -0.124. The number of fused-ring (bicyclic) bond motifs is 2. The van der Waals surface area contributed by atoms with Crippen LogP contribution in [0.2, 0.25) is 0 Å². The first-order chi connectivity index (χ1) is 15.6. The average molecular weight is 431 g/mol. The summed E-state index contributed by atoms with van der Waals surface area (Å²) in [6.45, 7) is 3.73. The predicted molar refractivity (Wildman–Crippen MR) is 126 cm³/mol. The van der Waals surface area contributed by atoms with E-state index in [1.165, 1.54) is 5.56 Å². The summed E-state index contributed by atoms with van der Waals surface area (Å²) in [5.41, 5.74) is 5.62. The number of carbonyl (C=O) groups is 2. The fourth-order valence-electron chi connectivity index (χ4n) is 4.39. The number of hydrogen-bond acceptors (Lipinski definition) is 4. The molecule has 1 N–H and O–H groups in total. The molecule has 2 aromatic carbocycles. The van der Waals surface area contributed by atoms with Gasteiger partial charge in [-0.2, -0.15) is 0 Å². The first-order valence-corrected chi connectivity index (χ1v) is 11.5. The molecule has 5 nitrogen and oxygen atoms in total. The van der Waals surface area contributed by atoms with Crippen LogP contribution in [-0.2, 0) is 28.8 Å². The molecule has 4 rings (SSSR count). The van der Waals surface area contributed by atoms with E-state index in [0.717, 1.165) is 66.2 Å². The van der Waals surface area contributed by atoms with Crippen molar-refractivity contribution >= 4 is 22.8 Å². The number of aromatic nitrogens is 1. The zero-order valence-electron chi connectivity index (χ0n) is 18.8. The number of hydrogen-bond donors (Lipinski definition) is 1. The normalized spacial score (nSPS) is 14.3. The summed E-state index contributed by atoms with van der Waals surface area (Å²) in [6, 6.07) is 15.7. The molecule has 0 bridgehead atoms. The van der Waals surface area contributed by atoms with Crippen molar-refractivity contribution in [2.75, 3.05) is 6.61 Å². The minimum atomic E-state index is -0.447. The van der Waals surface area contributed by atoms with E-state index in [9.17, 15) is 9.59 Å². The van der Waals surface area contributed by atoms with Crippen molar-refractivity contribution in [3.63, 3.8) is 0 Å². The molecular formula is C27H30N2O3. The second kappa shape index (κ2) is 9.94. The number of para-hydroxylation sites is 1. The Labute approximate surface area is 189 Å². The number of amides is 1. The van der Waals surface area contributed by atoms with Crippen molar-refractivity contribution in [1.82, 2.24) is 10.3 Å². The number of aryl methyl sites for hydroxylation is 2. The van der Waals surface area contributed by atoms with Crippen LogP contribution in [0.4, 0.5) is 0 Å². The van der Waals surface area contributed by atoms with Crippen LogP contribution in [-0.4, -0.2) is 23.5 Å². The van der Waals surface area contributed by atoms with Crippen LogP contribution in [0.3, 0.4) is 0 Å². The van der Waals surface area contributed by atoms with Gasteiger partial charge in [-0.15, -0.1) is 0 Å². The van der Waals surface area contributed by atoms with E-state index in [4.69, 9.17) is 9.72 Å². The smallest absolute Gasteiger partial charge is 0.339 e. The van der Waals surface area contributed by atoms with E-state index in [1.54, 1.807) is 0 Å². The molecule has 0 spiro atoms. The lowest BCUT2D eigenvalue weighted by Crippen LogP contribution is -2.31. The van der Waals surface area contributed by atoms with Crippen molar-refractivity contribution in [3.05, 3.63) is 76.5 Å². The Morgan fingerprint density at radius 1 is 1.03 bits per heavy atom. The summed E-state index contributed by atoms with van der Waals surface area (Å²) in [5, 5.41) is 3.72. The van der Waals surface area contributed by atoms with E-state index in [2.05, 4.69) is 24.4 Å². The number of carbonyl (C=O) groups excluding carboxylic acids is 2. The minimum Gasteiger partial charge on any atom is -0.452 e. The summed E-state index contributed by atoms with van der Waals surface area (Å²) in [6.07, 6.45) is 5.89. The van der Waals surface area contributed by atoms with E-state index >= 15 is 0 Å². The van der Waals surface area contributed by atoms with E-state index in [1.807, 2.05) is 43.3 Å². The maximum Gasteiger partial charge on any atom is 0.339 e. The molecule has 1 aliphatic carbocycles. The Hall–Kier alpha value is -3.21. The molecule has 1 amide bonds. The van der Waals surface area contributed by atoms with Gasteiger partial charge in [0.2, 0.25) is 0 Å². The lowest BCUT2D eigenvalue weighted by Gasteiger charge is -2.16. The standard InChI is InChI=1S/C27H30N2O3/c1-3-19-13-15-20(16-14-19)18(2)28-25(30)17-32-27(31)26-21-9-5-4-6-11-23(21)29-24-12-8-7-10-22(24)26/h7-8,10,12-16,18H,3-6,9,11,17H2,1-2H3,(H,28,30)/t18-/m1/s1. The zero-order chi connectivity index (χ0) is 22.5. The van der Waals surface area contributed by atoms with Crippen molar-refractivity contribution in [3.8, 4) is 0 Å². The summed E-state index contributed by atoms with van der Waals surface area (Å²) in [5.74, 6) is -0.758. The van der Waals surface area contributed by atoms with Gasteiger partial charge in [-0.25, -0.2) is 4.79 Å². The quantitative estimate of drug-likeness (QED) is 0.436. The maximum absolute atomic E-state index is 13.1. The first-order valence-electron chi connectivity index (χ1n) is 11.5. The Morgan fingerprint density at radius 3 is 2.56 bits per heavy atom. The molecule has 0 unspecified atom stereocenters. The monoisotopic (exact) mass is 430 g/mol. The Balaban J connectivity index is 1.48. The SMILES string of the molecule is CCc1ccc([C@@H](C)NC(=O)COC(=O)c2c3c(nc4ccccc24)CCCCC3)cc1. The fourth-order valence-corrected chi connectivity index (χ4v) is 4.39. The highest BCUT2D eigenvalue weighted by molar-refractivity contribution is 6.05. The third kappa shape index (κ3) is 4.82. The number of nitrogens with zero attached hydrogens (tertiary/aromatic N) is 1. The number of pyridine rings is 1. The van der Waals surface area contributed by atoms with Crippen LogP contribution < -0.4 is 5.32 Å². The molecule has 0 aliphatic heterocycles. The molecule has 1 aromatic heterocycles. The van der Waals surface area contributed by atoms with Crippen LogP contribution in [0.1, 0.15) is 71.9 Å². The molecule has 0 saturated carbocycles. The van der Waals surface area contributed by atoms with E-state index in [-0.39, 0.29) is 18.6 Å². The van der Waals surface area contributed by atoms with Crippen LogP contribution in [0.25, 0.3) is 10.9 Å². The molecule has 1 atom stereocenters. The molecule has 1 heterocycles.